The highest BCUT2D eigenvalue weighted by Gasteiger charge is 2.13. The Morgan fingerprint density at radius 1 is 0.411 bits per heavy atom. The van der Waals surface area contributed by atoms with Crippen molar-refractivity contribution < 1.29 is 10.0 Å². The van der Waals surface area contributed by atoms with Crippen molar-refractivity contribution in [3.63, 3.8) is 0 Å². The van der Waals surface area contributed by atoms with Crippen LogP contribution >= 0.6 is 77.1 Å². The highest BCUT2D eigenvalue weighted by molar-refractivity contribution is 14.1. The van der Waals surface area contributed by atoms with Gasteiger partial charge < -0.3 is 10.0 Å². The summed E-state index contributed by atoms with van der Waals surface area (Å²) in [6, 6.07) is 62.9. The molecule has 0 aliphatic carbocycles. The highest BCUT2D eigenvalue weighted by atomic mass is 127. The summed E-state index contributed by atoms with van der Waals surface area (Å²) in [6.07, 6.45) is 0. The van der Waals surface area contributed by atoms with Crippen LogP contribution in [0.1, 0.15) is 0 Å². The maximum atomic E-state index is 9.21. The molecule has 2 heterocycles. The van der Waals surface area contributed by atoms with Gasteiger partial charge in [-0.25, -0.2) is 0 Å². The molecule has 8 aromatic carbocycles. The minimum Gasteiger partial charge on any atom is -0.423 e. The second-order valence-electron chi connectivity index (χ2n) is 13.1. The average molecular weight is 1000 g/mol. The van der Waals surface area contributed by atoms with Gasteiger partial charge in [-0.05, 0) is 104 Å². The Bertz CT molecular complexity index is 2920. The van der Waals surface area contributed by atoms with Gasteiger partial charge in [-0.2, -0.15) is 0 Å². The molecule has 56 heavy (non-hydrogen) atoms. The average Bonchev–Trinajstić information content (AvgIpc) is 3.80. The van der Waals surface area contributed by atoms with Gasteiger partial charge in [0.25, 0.3) is 0 Å². The number of hydrogen-bond acceptors (Lipinski definition) is 4. The highest BCUT2D eigenvalue weighted by Crippen LogP contribution is 2.41. The van der Waals surface area contributed by atoms with E-state index in [1.807, 2.05) is 35.6 Å². The van der Waals surface area contributed by atoms with Crippen LogP contribution in [0, 0.1) is 3.57 Å². The van der Waals surface area contributed by atoms with Crippen LogP contribution in [0.3, 0.4) is 0 Å². The zero-order chi connectivity index (χ0) is 38.6. The third-order valence-electron chi connectivity index (χ3n) is 9.47. The molecule has 2 aromatic heterocycles. The van der Waals surface area contributed by atoms with E-state index in [0.717, 1.165) is 14.5 Å². The summed E-state index contributed by atoms with van der Waals surface area (Å²) < 4.78 is 8.77. The zero-order valence-electron chi connectivity index (χ0n) is 29.7. The van der Waals surface area contributed by atoms with Crippen LogP contribution in [0.4, 0.5) is 0 Å². The molecule has 0 spiro atoms. The van der Waals surface area contributed by atoms with Crippen molar-refractivity contribution in [3.05, 3.63) is 195 Å². The van der Waals surface area contributed by atoms with Gasteiger partial charge in [-0.3, -0.25) is 0 Å². The summed E-state index contributed by atoms with van der Waals surface area (Å²) in [5.74, 6) is 0. The van der Waals surface area contributed by atoms with Gasteiger partial charge in [0, 0.05) is 52.9 Å². The van der Waals surface area contributed by atoms with Crippen LogP contribution < -0.4 is 5.46 Å². The van der Waals surface area contributed by atoms with E-state index in [4.69, 9.17) is 0 Å². The second kappa shape index (κ2) is 17.6. The van der Waals surface area contributed by atoms with E-state index in [1.165, 1.54) is 71.7 Å². The molecular formula is C48H32BBr2IO2S2. The topological polar surface area (TPSA) is 40.5 Å². The van der Waals surface area contributed by atoms with Crippen LogP contribution in [0.25, 0.3) is 73.7 Å². The predicted octanol–water partition coefficient (Wildman–Crippen LogP) is 14.6. The van der Waals surface area contributed by atoms with Crippen LogP contribution in [0.15, 0.2) is 191 Å². The number of rotatable bonds is 4. The number of fused-ring (bicyclic) bond motifs is 6. The predicted molar refractivity (Wildman–Crippen MR) is 259 cm³/mol. The maximum absolute atomic E-state index is 9.21. The van der Waals surface area contributed by atoms with Crippen LogP contribution in [-0.4, -0.2) is 17.2 Å². The molecule has 2 nitrogen and oxygen atoms in total. The van der Waals surface area contributed by atoms with Crippen LogP contribution in [0.2, 0.25) is 0 Å². The lowest BCUT2D eigenvalue weighted by Gasteiger charge is -2.07. The van der Waals surface area contributed by atoms with Crippen LogP contribution in [-0.2, 0) is 0 Å². The second-order valence-corrected chi connectivity index (χ2v) is 18.3. The molecule has 272 valence electrons. The van der Waals surface area contributed by atoms with Crippen molar-refractivity contribution in [1.29, 1.82) is 0 Å². The normalized spacial score (nSPS) is 10.9. The number of thiophene rings is 2. The molecule has 10 aromatic rings. The van der Waals surface area contributed by atoms with E-state index in [-0.39, 0.29) is 0 Å². The first kappa shape index (κ1) is 38.7. The summed E-state index contributed by atoms with van der Waals surface area (Å²) in [6.45, 7) is 0. The Hall–Kier alpha value is -4.13. The third kappa shape index (κ3) is 8.57. The first-order valence-electron chi connectivity index (χ1n) is 17.9. The molecular weight excluding hydrogens is 970 g/mol. The first-order valence-corrected chi connectivity index (χ1v) is 22.2. The number of halogens is 3. The Kier molecular flexibility index (Phi) is 12.2. The molecule has 0 bridgehead atoms. The Morgan fingerprint density at radius 2 is 0.857 bits per heavy atom. The summed E-state index contributed by atoms with van der Waals surface area (Å²) in [7, 11) is -1.42. The van der Waals surface area contributed by atoms with Crippen molar-refractivity contribution in [2.75, 3.05) is 0 Å². The van der Waals surface area contributed by atoms with Gasteiger partial charge in [0.15, 0.2) is 0 Å². The molecule has 0 aliphatic heterocycles. The van der Waals surface area contributed by atoms with Crippen molar-refractivity contribution in [1.82, 2.24) is 0 Å². The van der Waals surface area contributed by atoms with E-state index in [2.05, 4.69) is 200 Å². The fourth-order valence-electron chi connectivity index (χ4n) is 6.75. The molecule has 0 saturated heterocycles. The van der Waals surface area contributed by atoms with Crippen molar-refractivity contribution in [2.24, 2.45) is 0 Å². The standard InChI is InChI=1S/C24H15BrS.C18H13BO2S.C6H4BrI/c25-19-6-3-5-18(15-19)16-11-13-17(14-12-16)20-8-4-9-22-21-7-1-2-10-23(21)26-24(20)22;20-19(21)13-10-8-12(9-11-13)14-5-3-6-16-15-4-1-2-7-17(15)22-18(14)16;7-5-2-1-3-6(8)4-5/h1-15H;1-11,20-21H;1-4H. The monoisotopic (exact) mass is 1000 g/mol. The minimum absolute atomic E-state index is 0.507. The lowest BCUT2D eigenvalue weighted by molar-refractivity contribution is 0.426. The van der Waals surface area contributed by atoms with Crippen molar-refractivity contribution >= 4 is 130 Å². The smallest absolute Gasteiger partial charge is 0.423 e. The third-order valence-corrected chi connectivity index (χ3v) is 13.6. The van der Waals surface area contributed by atoms with E-state index in [1.54, 1.807) is 23.5 Å². The lowest BCUT2D eigenvalue weighted by Crippen LogP contribution is -2.29. The van der Waals surface area contributed by atoms with Gasteiger partial charge in [-0.15, -0.1) is 22.7 Å². The number of benzene rings is 8. The van der Waals surface area contributed by atoms with E-state index in [0.29, 0.717) is 5.46 Å². The summed E-state index contributed by atoms with van der Waals surface area (Å²) in [5, 5.41) is 23.7. The van der Waals surface area contributed by atoms with Crippen molar-refractivity contribution in [3.8, 4) is 33.4 Å². The molecule has 0 radical (unpaired) electrons. The fraction of sp³-hybridized carbons (Fsp3) is 0. The molecule has 8 heteroatoms. The SMILES string of the molecule is Brc1cccc(-c2ccc(-c3cccc4c3sc3ccccc34)cc2)c1.Brc1cccc(I)c1.OB(O)c1ccc(-c2cccc3c2sc2ccccc23)cc1. The molecule has 0 amide bonds. The molecule has 10 rings (SSSR count). The molecule has 0 unspecified atom stereocenters. The Morgan fingerprint density at radius 3 is 1.34 bits per heavy atom. The molecule has 0 fully saturated rings. The Labute approximate surface area is 364 Å². The van der Waals surface area contributed by atoms with Gasteiger partial charge in [0.1, 0.15) is 0 Å². The van der Waals surface area contributed by atoms with Gasteiger partial charge in [0.2, 0.25) is 0 Å². The van der Waals surface area contributed by atoms with Gasteiger partial charge in [0.05, 0.1) is 0 Å². The molecule has 0 atom stereocenters. The summed E-state index contributed by atoms with van der Waals surface area (Å²) in [4.78, 5) is 0. The van der Waals surface area contributed by atoms with E-state index in [9.17, 15) is 10.0 Å². The summed E-state index contributed by atoms with van der Waals surface area (Å²) >= 11 is 12.9. The quantitative estimate of drug-likeness (QED) is 0.136. The lowest BCUT2D eigenvalue weighted by atomic mass is 9.80. The molecule has 0 saturated carbocycles. The first-order chi connectivity index (χ1) is 27.3. The van der Waals surface area contributed by atoms with E-state index >= 15 is 0 Å². The largest absolute Gasteiger partial charge is 0.488 e. The maximum Gasteiger partial charge on any atom is 0.488 e. The minimum atomic E-state index is -1.42. The molecule has 0 aliphatic rings. The zero-order valence-corrected chi connectivity index (χ0v) is 36.7. The summed E-state index contributed by atoms with van der Waals surface area (Å²) in [5.41, 5.74) is 7.81. The van der Waals surface area contributed by atoms with Gasteiger partial charge >= 0.3 is 7.12 Å². The van der Waals surface area contributed by atoms with E-state index < -0.39 is 7.12 Å². The van der Waals surface area contributed by atoms with Crippen molar-refractivity contribution in [2.45, 2.75) is 0 Å². The Balaban J connectivity index is 0.000000133. The molecule has 2 N–H and O–H groups in total. The number of hydrogen-bond donors (Lipinski definition) is 2. The van der Waals surface area contributed by atoms with Crippen LogP contribution in [0.5, 0.6) is 0 Å². The fourth-order valence-corrected chi connectivity index (χ4v) is 11.0. The van der Waals surface area contributed by atoms with Gasteiger partial charge in [-0.1, -0.05) is 171 Å².